The number of ether oxygens (including phenoxy) is 2. The summed E-state index contributed by atoms with van der Waals surface area (Å²) in [6.45, 7) is 6.66. The average molecular weight is 632 g/mol. The predicted molar refractivity (Wildman–Crippen MR) is 158 cm³/mol. The van der Waals surface area contributed by atoms with Crippen LogP contribution in [0.1, 0.15) is 29.7 Å². The standard InChI is InChI=1S/C31H37F4N7O3/c1-4-26(43)42-14-13-41(15-21(42)10-11-36)28-22-7-6-12-40(27-23(31(33,34)35)8-5-9-24(27)32)16-25(22)37-29(38-28)45-20-30(17-39(2)3)18-44-19-30/h4-5,8-9,21H,1,6-7,10,12-20H2,2-3H3/t21-/m0/s1. The summed E-state index contributed by atoms with van der Waals surface area (Å²) in [5.74, 6) is -0.686. The summed E-state index contributed by atoms with van der Waals surface area (Å²) >= 11 is 0. The summed E-state index contributed by atoms with van der Waals surface area (Å²) in [6, 6.07) is 4.76. The lowest BCUT2D eigenvalue weighted by atomic mass is 9.86. The summed E-state index contributed by atoms with van der Waals surface area (Å²) in [5, 5.41) is 9.49. The molecule has 0 N–H and O–H groups in total. The van der Waals surface area contributed by atoms with E-state index in [4.69, 9.17) is 14.5 Å². The number of para-hydroxylation sites is 1. The lowest BCUT2D eigenvalue weighted by Crippen LogP contribution is -2.55. The Morgan fingerprint density at radius 3 is 2.67 bits per heavy atom. The molecule has 0 saturated carbocycles. The molecule has 14 heteroatoms. The van der Waals surface area contributed by atoms with Crippen molar-refractivity contribution in [2.75, 3.05) is 76.4 Å². The Hall–Kier alpha value is -3.96. The van der Waals surface area contributed by atoms with E-state index < -0.39 is 29.3 Å². The molecular weight excluding hydrogens is 594 g/mol. The molecule has 0 unspecified atom stereocenters. The monoisotopic (exact) mass is 631 g/mol. The molecule has 10 nitrogen and oxygen atoms in total. The van der Waals surface area contributed by atoms with Crippen molar-refractivity contribution in [3.8, 4) is 12.1 Å². The van der Waals surface area contributed by atoms with Crippen LogP contribution in [0.25, 0.3) is 0 Å². The van der Waals surface area contributed by atoms with Gasteiger partial charge in [0, 0.05) is 38.3 Å². The zero-order valence-corrected chi connectivity index (χ0v) is 25.4. The van der Waals surface area contributed by atoms with Crippen LogP contribution in [0.2, 0.25) is 0 Å². The molecule has 0 radical (unpaired) electrons. The highest BCUT2D eigenvalue weighted by Gasteiger charge is 2.41. The number of hydrogen-bond acceptors (Lipinski definition) is 9. The minimum absolute atomic E-state index is 0.0571. The van der Waals surface area contributed by atoms with Crippen LogP contribution < -0.4 is 14.5 Å². The van der Waals surface area contributed by atoms with E-state index in [9.17, 15) is 23.2 Å². The first kappa shape index (κ1) is 32.4. The van der Waals surface area contributed by atoms with Gasteiger partial charge in [0.25, 0.3) is 0 Å². The van der Waals surface area contributed by atoms with Crippen LogP contribution in [0.15, 0.2) is 30.9 Å². The van der Waals surface area contributed by atoms with E-state index in [1.54, 1.807) is 4.90 Å². The maximum atomic E-state index is 15.1. The minimum Gasteiger partial charge on any atom is -0.463 e. The summed E-state index contributed by atoms with van der Waals surface area (Å²) in [6.07, 6.45) is -2.56. The highest BCUT2D eigenvalue weighted by Crippen LogP contribution is 2.40. The maximum absolute atomic E-state index is 15.1. The third kappa shape index (κ3) is 6.99. The van der Waals surface area contributed by atoms with E-state index in [0.717, 1.165) is 23.8 Å². The van der Waals surface area contributed by atoms with Crippen LogP contribution in [0.4, 0.5) is 29.1 Å². The lowest BCUT2D eigenvalue weighted by Gasteiger charge is -2.42. The largest absolute Gasteiger partial charge is 0.463 e. The van der Waals surface area contributed by atoms with Gasteiger partial charge in [-0.25, -0.2) is 4.39 Å². The molecule has 2 aromatic rings. The molecule has 2 saturated heterocycles. The van der Waals surface area contributed by atoms with E-state index in [1.165, 1.54) is 11.0 Å². The molecule has 1 amide bonds. The van der Waals surface area contributed by atoms with Crippen LogP contribution in [0.5, 0.6) is 6.01 Å². The Labute approximate surface area is 259 Å². The van der Waals surface area contributed by atoms with Crippen LogP contribution in [0.3, 0.4) is 0 Å². The topological polar surface area (TPSA) is 98.1 Å². The molecule has 1 aromatic heterocycles. The van der Waals surface area contributed by atoms with Crippen LogP contribution in [0, 0.1) is 22.6 Å². The Balaban J connectivity index is 1.53. The number of alkyl halides is 3. The van der Waals surface area contributed by atoms with Gasteiger partial charge in [-0.15, -0.1) is 0 Å². The van der Waals surface area contributed by atoms with Crippen LogP contribution in [-0.4, -0.2) is 98.4 Å². The fourth-order valence-electron chi connectivity index (χ4n) is 6.41. The average Bonchev–Trinajstić information content (AvgIpc) is 3.19. The van der Waals surface area contributed by atoms with E-state index in [0.29, 0.717) is 63.7 Å². The summed E-state index contributed by atoms with van der Waals surface area (Å²) < 4.78 is 68.7. The molecule has 3 aliphatic heterocycles. The summed E-state index contributed by atoms with van der Waals surface area (Å²) in [5.41, 5.74) is -0.659. The number of hydrogen-bond donors (Lipinski definition) is 0. The first-order valence-corrected chi connectivity index (χ1v) is 14.9. The van der Waals surface area contributed by atoms with Crippen molar-refractivity contribution in [2.24, 2.45) is 5.41 Å². The number of fused-ring (bicyclic) bond motifs is 1. The van der Waals surface area contributed by atoms with E-state index >= 15 is 4.39 Å². The highest BCUT2D eigenvalue weighted by molar-refractivity contribution is 5.87. The van der Waals surface area contributed by atoms with E-state index in [2.05, 4.69) is 17.6 Å². The van der Waals surface area contributed by atoms with Crippen molar-refractivity contribution in [1.82, 2.24) is 19.8 Å². The summed E-state index contributed by atoms with van der Waals surface area (Å²) in [4.78, 5) is 29.0. The van der Waals surface area contributed by atoms with Gasteiger partial charge >= 0.3 is 12.2 Å². The van der Waals surface area contributed by atoms with Gasteiger partial charge in [0.05, 0.1) is 60.7 Å². The predicted octanol–water partition coefficient (Wildman–Crippen LogP) is 3.66. The molecule has 1 atom stereocenters. The molecule has 1 aromatic carbocycles. The molecule has 3 aliphatic rings. The maximum Gasteiger partial charge on any atom is 0.418 e. The molecule has 0 bridgehead atoms. The van der Waals surface area contributed by atoms with Gasteiger partial charge in [0.15, 0.2) is 0 Å². The van der Waals surface area contributed by atoms with Crippen molar-refractivity contribution in [2.45, 2.75) is 38.0 Å². The Morgan fingerprint density at radius 1 is 1.24 bits per heavy atom. The normalized spacial score (nSPS) is 19.8. The molecule has 45 heavy (non-hydrogen) atoms. The fraction of sp³-hybridized carbons (Fsp3) is 0.548. The molecule has 242 valence electrons. The number of aromatic nitrogens is 2. The lowest BCUT2D eigenvalue weighted by molar-refractivity contribution is -0.140. The number of amides is 1. The molecule has 4 heterocycles. The number of carbonyl (C=O) groups is 1. The first-order valence-electron chi connectivity index (χ1n) is 14.9. The van der Waals surface area contributed by atoms with E-state index in [1.807, 2.05) is 23.9 Å². The number of carbonyl (C=O) groups excluding carboxylic acids is 1. The Kier molecular flexibility index (Phi) is 9.50. The Morgan fingerprint density at radius 2 is 2.02 bits per heavy atom. The van der Waals surface area contributed by atoms with Crippen molar-refractivity contribution in [1.29, 1.82) is 5.26 Å². The number of nitriles is 1. The third-order valence-corrected chi connectivity index (χ3v) is 8.40. The van der Waals surface area contributed by atoms with Crippen molar-refractivity contribution in [3.63, 3.8) is 0 Å². The fourth-order valence-corrected chi connectivity index (χ4v) is 6.41. The number of halogens is 4. The highest BCUT2D eigenvalue weighted by atomic mass is 19.4. The van der Waals surface area contributed by atoms with E-state index in [-0.39, 0.29) is 43.4 Å². The zero-order valence-electron chi connectivity index (χ0n) is 25.4. The second-order valence-corrected chi connectivity index (χ2v) is 12.1. The van der Waals surface area contributed by atoms with Gasteiger partial charge in [-0.05, 0) is 45.1 Å². The molecule has 0 spiro atoms. The molecule has 5 rings (SSSR count). The van der Waals surface area contributed by atoms with Gasteiger partial charge in [-0.1, -0.05) is 12.6 Å². The van der Waals surface area contributed by atoms with Crippen molar-refractivity contribution in [3.05, 3.63) is 53.5 Å². The number of nitrogens with zero attached hydrogens (tertiary/aromatic N) is 7. The second-order valence-electron chi connectivity index (χ2n) is 12.1. The number of piperazine rings is 1. The minimum atomic E-state index is -4.75. The smallest absolute Gasteiger partial charge is 0.418 e. The van der Waals surface area contributed by atoms with Crippen LogP contribution in [-0.2, 0) is 28.7 Å². The van der Waals surface area contributed by atoms with Crippen molar-refractivity contribution < 1.29 is 31.8 Å². The van der Waals surface area contributed by atoms with Gasteiger partial charge in [0.2, 0.25) is 5.91 Å². The van der Waals surface area contributed by atoms with Gasteiger partial charge < -0.3 is 29.1 Å². The number of rotatable bonds is 9. The number of benzene rings is 1. The summed E-state index contributed by atoms with van der Waals surface area (Å²) in [7, 11) is 3.91. The quantitative estimate of drug-likeness (QED) is 0.304. The zero-order chi connectivity index (χ0) is 32.4. The van der Waals surface area contributed by atoms with Gasteiger partial charge in [-0.3, -0.25) is 4.79 Å². The van der Waals surface area contributed by atoms with Crippen molar-refractivity contribution >= 4 is 17.4 Å². The first-order chi connectivity index (χ1) is 21.4. The SMILES string of the molecule is C=CC(=O)N1CCN(c2nc(OCC3(CN(C)C)COC3)nc3c2CCCN(c2c(F)cccc2C(F)(F)F)C3)C[C@@H]1CC#N. The molecule has 2 fully saturated rings. The number of anilines is 2. The molecular formula is C31H37F4N7O3. The second kappa shape index (κ2) is 13.2. The van der Waals surface area contributed by atoms with Gasteiger partial charge in [-0.2, -0.15) is 28.4 Å². The third-order valence-electron chi connectivity index (χ3n) is 8.40. The molecule has 0 aliphatic carbocycles. The van der Waals surface area contributed by atoms with Crippen LogP contribution >= 0.6 is 0 Å². The van der Waals surface area contributed by atoms with Gasteiger partial charge in [0.1, 0.15) is 18.2 Å². The Bertz CT molecular complexity index is 1460.